The largest absolute Gasteiger partial charge is 0.508 e. The summed E-state index contributed by atoms with van der Waals surface area (Å²) >= 11 is 0. The first-order valence-corrected chi connectivity index (χ1v) is 22.5. The van der Waals surface area contributed by atoms with Crippen molar-refractivity contribution in [1.29, 1.82) is 0 Å². The number of nitro benzene ring substituents is 2. The zero-order chi connectivity index (χ0) is 50.8. The SMILES string of the molecule is C.CCCCN(C(=O)/C=C/Oc1ccc([N+](=O)[O-])cc1)c1cccnc1C1=NNC(c2ccccn2)=NN1.CCCCn1c(=O)c2cc(-c3ccccn3)nnc2c2ncccc21.O=[N+]([O-])c1ccc(O)cc1. The summed E-state index contributed by atoms with van der Waals surface area (Å²) in [7, 11) is 0. The van der Waals surface area contributed by atoms with Crippen LogP contribution in [0.25, 0.3) is 33.3 Å². The molecular formula is C51H50N14O8. The number of unbranched alkanes of at least 4 members (excludes halogenated alkanes) is 2. The number of anilines is 1. The quantitative estimate of drug-likeness (QED) is 0.0285. The van der Waals surface area contributed by atoms with Crippen molar-refractivity contribution in [3.63, 3.8) is 0 Å². The third-order valence-electron chi connectivity index (χ3n) is 10.5. The van der Waals surface area contributed by atoms with Crippen LogP contribution in [0.3, 0.4) is 0 Å². The molecule has 0 unspecified atom stereocenters. The number of rotatable bonds is 15. The number of carbonyl (C=O) groups excluding carboxylic acids is 1. The number of nitrogens with zero attached hydrogens (tertiary/aromatic N) is 12. The number of hydrazone groups is 2. The van der Waals surface area contributed by atoms with Crippen LogP contribution < -0.4 is 26.0 Å². The lowest BCUT2D eigenvalue weighted by Gasteiger charge is -2.24. The molecule has 1 aliphatic heterocycles. The Labute approximate surface area is 417 Å². The van der Waals surface area contributed by atoms with Crippen LogP contribution in [0.4, 0.5) is 17.1 Å². The predicted molar refractivity (Wildman–Crippen MR) is 277 cm³/mol. The Morgan fingerprint density at radius 1 is 0.712 bits per heavy atom. The first-order chi connectivity index (χ1) is 35.1. The van der Waals surface area contributed by atoms with Gasteiger partial charge in [0.25, 0.3) is 22.8 Å². The van der Waals surface area contributed by atoms with Gasteiger partial charge in [-0.05, 0) is 91.7 Å². The molecule has 0 saturated carbocycles. The number of phenolic OH excluding ortho intramolecular Hbond substituents is 1. The van der Waals surface area contributed by atoms with Gasteiger partial charge in [0.1, 0.15) is 39.6 Å². The number of non-ortho nitro benzene ring substituents is 2. The van der Waals surface area contributed by atoms with Gasteiger partial charge in [-0.25, -0.2) is 0 Å². The number of amides is 1. The van der Waals surface area contributed by atoms with Crippen molar-refractivity contribution in [2.75, 3.05) is 11.4 Å². The zero-order valence-corrected chi connectivity index (χ0v) is 38.8. The van der Waals surface area contributed by atoms with Crippen LogP contribution in [0.5, 0.6) is 11.5 Å². The number of nitrogens with one attached hydrogen (secondary N) is 2. The first-order valence-electron chi connectivity index (χ1n) is 22.5. The fourth-order valence-electron chi connectivity index (χ4n) is 6.89. The summed E-state index contributed by atoms with van der Waals surface area (Å²) < 4.78 is 7.26. The van der Waals surface area contributed by atoms with Crippen LogP contribution in [0.15, 0.2) is 167 Å². The molecule has 0 fully saturated rings. The number of nitro groups is 2. The molecule has 1 aliphatic rings. The van der Waals surface area contributed by atoms with Gasteiger partial charge in [-0.3, -0.25) is 60.6 Å². The molecule has 8 aromatic rings. The predicted octanol–water partition coefficient (Wildman–Crippen LogP) is 8.47. The van der Waals surface area contributed by atoms with Crippen molar-refractivity contribution in [3.05, 3.63) is 194 Å². The Hall–Kier alpha value is -9.86. The van der Waals surface area contributed by atoms with Crippen LogP contribution in [0.1, 0.15) is 58.3 Å². The molecular weight excluding hydrogens is 937 g/mol. The smallest absolute Gasteiger partial charge is 0.269 e. The monoisotopic (exact) mass is 986 g/mol. The summed E-state index contributed by atoms with van der Waals surface area (Å²) in [4.78, 5) is 65.1. The van der Waals surface area contributed by atoms with Crippen molar-refractivity contribution < 1.29 is 24.5 Å². The summed E-state index contributed by atoms with van der Waals surface area (Å²) in [6.45, 7) is 5.25. The molecule has 73 heavy (non-hydrogen) atoms. The van der Waals surface area contributed by atoms with E-state index in [-0.39, 0.29) is 36.0 Å². The van der Waals surface area contributed by atoms with E-state index < -0.39 is 9.85 Å². The Morgan fingerprint density at radius 3 is 1.96 bits per heavy atom. The van der Waals surface area contributed by atoms with Crippen LogP contribution in [-0.4, -0.2) is 73.8 Å². The second-order valence-corrected chi connectivity index (χ2v) is 15.4. The van der Waals surface area contributed by atoms with Crippen LogP contribution >= 0.6 is 0 Å². The molecule has 6 aromatic heterocycles. The van der Waals surface area contributed by atoms with Crippen molar-refractivity contribution >= 4 is 56.6 Å². The topological polar surface area (TPSA) is 284 Å². The number of carbonyl (C=O) groups is 1. The van der Waals surface area contributed by atoms with E-state index in [9.17, 15) is 29.8 Å². The highest BCUT2D eigenvalue weighted by atomic mass is 16.6. The number of aromatic nitrogens is 7. The van der Waals surface area contributed by atoms with E-state index >= 15 is 0 Å². The van der Waals surface area contributed by atoms with E-state index in [1.807, 2.05) is 49.4 Å². The van der Waals surface area contributed by atoms with Gasteiger partial charge in [-0.15, -0.1) is 10.2 Å². The Morgan fingerprint density at radius 2 is 1.33 bits per heavy atom. The van der Waals surface area contributed by atoms with Crippen molar-refractivity contribution in [2.24, 2.45) is 10.2 Å². The summed E-state index contributed by atoms with van der Waals surface area (Å²) in [5, 5.41) is 47.3. The normalized spacial score (nSPS) is 11.5. The van der Waals surface area contributed by atoms with E-state index in [1.165, 1.54) is 60.9 Å². The molecule has 372 valence electrons. The maximum atomic E-state index is 13.2. The highest BCUT2D eigenvalue weighted by Crippen LogP contribution is 2.24. The lowest BCUT2D eigenvalue weighted by Crippen LogP contribution is -2.38. The number of benzene rings is 2. The van der Waals surface area contributed by atoms with Crippen molar-refractivity contribution in [3.8, 4) is 22.9 Å². The number of ether oxygens (including phenoxy) is 1. The van der Waals surface area contributed by atoms with E-state index in [4.69, 9.17) is 9.84 Å². The number of aryl methyl sites for hydroxylation is 1. The van der Waals surface area contributed by atoms with Crippen LogP contribution in [-0.2, 0) is 11.3 Å². The number of aromatic hydroxyl groups is 1. The molecule has 0 atom stereocenters. The average molecular weight is 987 g/mol. The molecule has 3 N–H and O–H groups in total. The molecule has 0 radical (unpaired) electrons. The lowest BCUT2D eigenvalue weighted by atomic mass is 10.1. The molecule has 9 rings (SSSR count). The van der Waals surface area contributed by atoms with Crippen molar-refractivity contribution in [2.45, 2.75) is 53.5 Å². The van der Waals surface area contributed by atoms with E-state index in [0.29, 0.717) is 75.4 Å². The summed E-state index contributed by atoms with van der Waals surface area (Å²) in [6.07, 6.45) is 12.8. The van der Waals surface area contributed by atoms with Gasteiger partial charge < -0.3 is 19.3 Å². The molecule has 22 nitrogen and oxygen atoms in total. The van der Waals surface area contributed by atoms with Gasteiger partial charge >= 0.3 is 0 Å². The van der Waals surface area contributed by atoms with Gasteiger partial charge in [0, 0.05) is 68.2 Å². The molecule has 0 aliphatic carbocycles. The molecule has 2 aromatic carbocycles. The third kappa shape index (κ3) is 13.5. The fraction of sp³-hybridized carbons (Fsp3) is 0.176. The zero-order valence-electron chi connectivity index (χ0n) is 38.8. The summed E-state index contributed by atoms with van der Waals surface area (Å²) in [6, 6.07) is 30.7. The Kier molecular flexibility index (Phi) is 18.5. The minimum Gasteiger partial charge on any atom is -0.508 e. The molecule has 0 saturated heterocycles. The molecule has 1 amide bonds. The van der Waals surface area contributed by atoms with Gasteiger partial charge in [-0.2, -0.15) is 10.2 Å². The lowest BCUT2D eigenvalue weighted by molar-refractivity contribution is -0.385. The number of pyridine rings is 5. The second kappa shape index (κ2) is 25.7. The van der Waals surface area contributed by atoms with Crippen LogP contribution in [0.2, 0.25) is 0 Å². The maximum Gasteiger partial charge on any atom is 0.269 e. The number of hydrogen-bond donors (Lipinski definition) is 3. The molecule has 22 heteroatoms. The van der Waals surface area contributed by atoms with Crippen molar-refractivity contribution in [1.82, 2.24) is 45.6 Å². The Bertz CT molecular complexity index is 3320. The fourth-order valence-corrected chi connectivity index (χ4v) is 6.89. The number of fused-ring (bicyclic) bond motifs is 3. The minimum absolute atomic E-state index is 0. The van der Waals surface area contributed by atoms with Crippen LogP contribution in [0, 0.1) is 20.2 Å². The van der Waals surface area contributed by atoms with E-state index in [0.717, 1.165) is 31.2 Å². The van der Waals surface area contributed by atoms with Gasteiger partial charge in [-0.1, -0.05) is 46.2 Å². The average Bonchev–Trinajstić information content (AvgIpc) is 3.42. The van der Waals surface area contributed by atoms with Gasteiger partial charge in [0.05, 0.1) is 38.4 Å². The minimum atomic E-state index is -0.514. The summed E-state index contributed by atoms with van der Waals surface area (Å²) in [5.74, 6) is 0.866. The number of amidine groups is 2. The van der Waals surface area contributed by atoms with Gasteiger partial charge in [0.15, 0.2) is 11.7 Å². The molecule has 0 bridgehead atoms. The number of hydrogen-bond acceptors (Lipinski definition) is 18. The van der Waals surface area contributed by atoms with E-state index in [1.54, 1.807) is 58.5 Å². The highest BCUT2D eigenvalue weighted by molar-refractivity contribution is 6.10. The second-order valence-electron chi connectivity index (χ2n) is 15.4. The standard InChI is InChI=1S/C25H24N8O4.C19H17N5O.C6H5NO3.CH4/c1-2-3-16-32(22(34)13-17-37-19-11-9-18(10-12-19)33(35)36)21-8-6-15-27-23(21)25-30-28-24(29-31-25)20-7-4-5-14-26-20;1-2-3-11-24-16-8-6-10-21-18(16)17-13(19(24)25)12-15(22-23-17)14-7-4-5-9-20-14;8-6-3-1-5(2-4-6)7(9)10;/h4-15,17H,2-3,16H2,1H3,(H,28,29)(H,30,31);4-10,12H,2-3,11H2,1H3;1-4,8H;1H4/b17-13+;;;. The summed E-state index contributed by atoms with van der Waals surface area (Å²) in [5.41, 5.74) is 10.6. The first kappa shape index (κ1) is 52.5. The van der Waals surface area contributed by atoms with E-state index in [2.05, 4.69) is 58.1 Å². The third-order valence-corrected chi connectivity index (χ3v) is 10.5. The molecule has 0 spiro atoms. The molecule has 7 heterocycles. The Balaban J connectivity index is 0.000000206. The number of phenols is 1. The maximum absolute atomic E-state index is 13.2. The highest BCUT2D eigenvalue weighted by Gasteiger charge is 2.23. The van der Waals surface area contributed by atoms with Gasteiger partial charge in [0.2, 0.25) is 0 Å².